The lowest BCUT2D eigenvalue weighted by atomic mass is 10.3. The normalized spacial score (nSPS) is 11.3. The molecule has 0 atom stereocenters. The summed E-state index contributed by atoms with van der Waals surface area (Å²) in [4.78, 5) is 4.13. The number of hydrogen-bond donors (Lipinski definition) is 2. The molecule has 0 unspecified atom stereocenters. The van der Waals surface area contributed by atoms with E-state index in [1.165, 1.54) is 12.1 Å². The Morgan fingerprint density at radius 3 is 2.63 bits per heavy atom. The predicted molar refractivity (Wildman–Crippen MR) is 94.2 cm³/mol. The molecule has 0 spiro atoms. The summed E-state index contributed by atoms with van der Waals surface area (Å²) in [7, 11) is 1.57. The maximum Gasteiger partial charge on any atom is 0.182 e. The quantitative estimate of drug-likeness (QED) is 0.376. The van der Waals surface area contributed by atoms with Crippen LogP contribution in [0.3, 0.4) is 0 Å². The van der Waals surface area contributed by atoms with Crippen molar-refractivity contribution in [1.29, 1.82) is 0 Å². The van der Waals surface area contributed by atoms with Gasteiger partial charge < -0.3 is 9.47 Å². The van der Waals surface area contributed by atoms with E-state index in [-0.39, 0.29) is 23.2 Å². The van der Waals surface area contributed by atoms with Crippen LogP contribution in [-0.4, -0.2) is 28.5 Å². The molecule has 0 radical (unpaired) electrons. The molecule has 0 fully saturated rings. The van der Waals surface area contributed by atoms with Gasteiger partial charge in [-0.05, 0) is 47.6 Å². The summed E-state index contributed by atoms with van der Waals surface area (Å²) < 4.78 is 28.7. The van der Waals surface area contributed by atoms with Crippen molar-refractivity contribution in [2.45, 2.75) is 6.61 Å². The van der Waals surface area contributed by atoms with Crippen LogP contribution in [0.15, 0.2) is 52.1 Å². The molecule has 0 saturated heterocycles. The van der Waals surface area contributed by atoms with Crippen LogP contribution in [0, 0.1) is 5.82 Å². The Morgan fingerprint density at radius 2 is 1.96 bits per heavy atom. The molecule has 0 bridgehead atoms. The molecular formula is C17H14ClFN4O4. The molecule has 3 rings (SSSR count). The largest absolute Gasteiger partial charge is 0.497 e. The van der Waals surface area contributed by atoms with Crippen LogP contribution in [-0.2, 0) is 6.61 Å². The number of nitrogens with zero attached hydrogens (tertiary/aromatic N) is 3. The van der Waals surface area contributed by atoms with Crippen LogP contribution in [0.1, 0.15) is 11.4 Å². The number of methoxy groups -OCH3 is 1. The van der Waals surface area contributed by atoms with Crippen LogP contribution >= 0.6 is 11.6 Å². The molecule has 3 aromatic rings. The highest BCUT2D eigenvalue weighted by atomic mass is 35.5. The van der Waals surface area contributed by atoms with E-state index in [1.807, 2.05) is 5.48 Å². The van der Waals surface area contributed by atoms with Crippen LogP contribution in [0.5, 0.6) is 11.5 Å². The third-order valence-corrected chi connectivity index (χ3v) is 3.76. The molecular weight excluding hydrogens is 379 g/mol. The van der Waals surface area contributed by atoms with E-state index in [1.54, 1.807) is 31.4 Å². The fourth-order valence-corrected chi connectivity index (χ4v) is 2.29. The number of amidine groups is 1. The minimum Gasteiger partial charge on any atom is -0.497 e. The summed E-state index contributed by atoms with van der Waals surface area (Å²) >= 11 is 5.73. The second kappa shape index (κ2) is 8.47. The predicted octanol–water partition coefficient (Wildman–Crippen LogP) is 3.51. The van der Waals surface area contributed by atoms with Crippen LogP contribution in [0.2, 0.25) is 5.02 Å². The Bertz CT molecular complexity index is 946. The Hall–Kier alpha value is -3.17. The summed E-state index contributed by atoms with van der Waals surface area (Å²) in [5.41, 5.74) is 2.64. The van der Waals surface area contributed by atoms with E-state index in [2.05, 4.69) is 15.3 Å². The van der Waals surface area contributed by atoms with Crippen molar-refractivity contribution in [1.82, 2.24) is 15.8 Å². The van der Waals surface area contributed by atoms with Crippen molar-refractivity contribution < 1.29 is 23.7 Å². The summed E-state index contributed by atoms with van der Waals surface area (Å²) in [6.07, 6.45) is 0. The highest BCUT2D eigenvalue weighted by Crippen LogP contribution is 2.23. The van der Waals surface area contributed by atoms with Crippen molar-refractivity contribution in [3.05, 3.63) is 64.7 Å². The van der Waals surface area contributed by atoms with Gasteiger partial charge in [0.05, 0.1) is 17.8 Å². The highest BCUT2D eigenvalue weighted by Gasteiger charge is 2.17. The minimum absolute atomic E-state index is 0.00996. The minimum atomic E-state index is -0.578. The van der Waals surface area contributed by atoms with Crippen LogP contribution in [0.25, 0.3) is 0 Å². The number of aromatic nitrogens is 2. The monoisotopic (exact) mass is 392 g/mol. The summed E-state index contributed by atoms with van der Waals surface area (Å²) in [5.74, 6) is 0.631. The van der Waals surface area contributed by atoms with Gasteiger partial charge in [-0.1, -0.05) is 16.8 Å². The first kappa shape index (κ1) is 18.6. The van der Waals surface area contributed by atoms with Gasteiger partial charge in [-0.25, -0.2) is 14.0 Å². The van der Waals surface area contributed by atoms with Crippen LogP contribution in [0.4, 0.5) is 10.1 Å². The van der Waals surface area contributed by atoms with Gasteiger partial charge in [0.25, 0.3) is 0 Å². The van der Waals surface area contributed by atoms with Crippen molar-refractivity contribution in [2.24, 2.45) is 4.99 Å². The van der Waals surface area contributed by atoms with Crippen LogP contribution < -0.4 is 15.0 Å². The SMILES string of the molecule is COc1ccc(OCc2nonc2C(=Nc2ccc(F)c(Cl)c2)NO)cc1. The van der Waals surface area contributed by atoms with E-state index in [0.29, 0.717) is 22.9 Å². The Kier molecular flexibility index (Phi) is 5.84. The molecule has 1 heterocycles. The average Bonchev–Trinajstić information content (AvgIpc) is 3.16. The van der Waals surface area contributed by atoms with Gasteiger partial charge in [0.2, 0.25) is 0 Å². The zero-order chi connectivity index (χ0) is 19.2. The summed E-state index contributed by atoms with van der Waals surface area (Å²) in [6.45, 7) is 0.00996. The molecule has 0 aliphatic heterocycles. The number of aliphatic imine (C=N–C) groups is 1. The molecule has 27 heavy (non-hydrogen) atoms. The molecule has 0 aliphatic rings. The number of ether oxygens (including phenoxy) is 2. The average molecular weight is 393 g/mol. The summed E-state index contributed by atoms with van der Waals surface area (Å²) in [5, 5.41) is 16.8. The fourth-order valence-electron chi connectivity index (χ4n) is 2.12. The molecule has 10 heteroatoms. The first-order valence-corrected chi connectivity index (χ1v) is 8.01. The van der Waals surface area contributed by atoms with E-state index >= 15 is 0 Å². The number of halogens is 2. The van der Waals surface area contributed by atoms with Gasteiger partial charge in [-0.15, -0.1) is 0 Å². The smallest absolute Gasteiger partial charge is 0.182 e. The molecule has 0 aliphatic carbocycles. The Morgan fingerprint density at radius 1 is 1.22 bits per heavy atom. The van der Waals surface area contributed by atoms with E-state index in [4.69, 9.17) is 25.7 Å². The number of hydroxylamine groups is 1. The third-order valence-electron chi connectivity index (χ3n) is 3.47. The molecule has 1 aromatic heterocycles. The lowest BCUT2D eigenvalue weighted by Gasteiger charge is -2.07. The molecule has 0 amide bonds. The molecule has 8 nitrogen and oxygen atoms in total. The second-order valence-electron chi connectivity index (χ2n) is 5.19. The van der Waals surface area contributed by atoms with E-state index in [9.17, 15) is 9.60 Å². The molecule has 2 aromatic carbocycles. The first-order valence-electron chi connectivity index (χ1n) is 7.63. The first-order chi connectivity index (χ1) is 13.1. The van der Waals surface area contributed by atoms with Crippen molar-refractivity contribution in [2.75, 3.05) is 7.11 Å². The standard InChI is InChI=1S/C17H14ClFN4O4/c1-25-11-3-5-12(6-4-11)26-9-15-16(23-27-22-15)17(21-24)20-10-2-7-14(19)13(18)8-10/h2-8,24H,9H2,1H3,(H,20,21). The molecule has 2 N–H and O–H groups in total. The van der Waals surface area contributed by atoms with Crippen molar-refractivity contribution >= 4 is 23.1 Å². The van der Waals surface area contributed by atoms with Gasteiger partial charge in [-0.3, -0.25) is 10.7 Å². The number of benzene rings is 2. The van der Waals surface area contributed by atoms with E-state index < -0.39 is 5.82 Å². The zero-order valence-corrected chi connectivity index (χ0v) is 14.8. The molecule has 140 valence electrons. The van der Waals surface area contributed by atoms with Gasteiger partial charge in [0.15, 0.2) is 17.2 Å². The maximum atomic E-state index is 13.3. The molecule has 0 saturated carbocycles. The number of nitrogens with one attached hydrogen (secondary N) is 1. The third kappa shape index (κ3) is 4.52. The topological polar surface area (TPSA) is 102 Å². The highest BCUT2D eigenvalue weighted by molar-refractivity contribution is 6.31. The number of rotatable bonds is 6. The Balaban J connectivity index is 1.78. The van der Waals surface area contributed by atoms with Crippen molar-refractivity contribution in [3.8, 4) is 11.5 Å². The van der Waals surface area contributed by atoms with Gasteiger partial charge in [0.1, 0.15) is 23.9 Å². The maximum absolute atomic E-state index is 13.3. The fraction of sp³-hybridized carbons (Fsp3) is 0.118. The lowest BCUT2D eigenvalue weighted by molar-refractivity contribution is 0.233. The summed E-state index contributed by atoms with van der Waals surface area (Å²) in [6, 6.07) is 10.8. The Labute approximate surface area is 158 Å². The van der Waals surface area contributed by atoms with Gasteiger partial charge in [-0.2, -0.15) is 0 Å². The van der Waals surface area contributed by atoms with Gasteiger partial charge >= 0.3 is 0 Å². The second-order valence-corrected chi connectivity index (χ2v) is 5.60. The van der Waals surface area contributed by atoms with E-state index in [0.717, 1.165) is 6.07 Å². The van der Waals surface area contributed by atoms with Gasteiger partial charge in [0, 0.05) is 0 Å². The van der Waals surface area contributed by atoms with Crippen molar-refractivity contribution in [3.63, 3.8) is 0 Å². The lowest BCUT2D eigenvalue weighted by Crippen LogP contribution is -2.22. The number of hydrogen-bond acceptors (Lipinski definition) is 7. The zero-order valence-electron chi connectivity index (χ0n) is 14.0.